The number of hydrogen-bond donors (Lipinski definition) is 0. The first-order valence-corrected chi connectivity index (χ1v) is 5.61. The van der Waals surface area contributed by atoms with Gasteiger partial charge in [-0.1, -0.05) is 35.4 Å². The van der Waals surface area contributed by atoms with Gasteiger partial charge in [0, 0.05) is 10.9 Å². The number of benzene rings is 1. The number of thiazole rings is 1. The molecule has 0 saturated heterocycles. The fraction of sp³-hybridized carbons (Fsp3) is 0.182. The minimum Gasteiger partial charge on any atom is -0.224 e. The summed E-state index contributed by atoms with van der Waals surface area (Å²) in [5, 5.41) is 3.42. The van der Waals surface area contributed by atoms with Gasteiger partial charge >= 0.3 is 0 Å². The third kappa shape index (κ3) is 1.81. The highest BCUT2D eigenvalue weighted by molar-refractivity contribution is 7.13. The van der Waals surface area contributed by atoms with Gasteiger partial charge in [0.15, 0.2) is 0 Å². The molecule has 2 aromatic rings. The summed E-state index contributed by atoms with van der Waals surface area (Å²) in [6.07, 6.45) is 0. The Morgan fingerprint density at radius 1 is 1.29 bits per heavy atom. The number of nitrogens with zero attached hydrogens (tertiary/aromatic N) is 1. The summed E-state index contributed by atoms with van der Waals surface area (Å²) in [7, 11) is 0. The fourth-order valence-electron chi connectivity index (χ4n) is 1.43. The van der Waals surface area contributed by atoms with E-state index >= 15 is 0 Å². The van der Waals surface area contributed by atoms with Crippen LogP contribution in [0.1, 0.15) is 11.1 Å². The van der Waals surface area contributed by atoms with Crippen LogP contribution in [-0.4, -0.2) is 4.98 Å². The van der Waals surface area contributed by atoms with Crippen LogP contribution >= 0.6 is 22.9 Å². The van der Waals surface area contributed by atoms with Gasteiger partial charge in [0.2, 0.25) is 0 Å². The normalized spacial score (nSPS) is 10.5. The number of aromatic nitrogens is 1. The average molecular weight is 224 g/mol. The molecule has 1 aromatic heterocycles. The second-order valence-corrected chi connectivity index (χ2v) is 4.54. The predicted molar refractivity (Wildman–Crippen MR) is 62.0 cm³/mol. The van der Waals surface area contributed by atoms with E-state index in [-0.39, 0.29) is 0 Å². The first-order chi connectivity index (χ1) is 6.66. The highest BCUT2D eigenvalue weighted by atomic mass is 35.5. The van der Waals surface area contributed by atoms with Crippen LogP contribution in [0.5, 0.6) is 0 Å². The van der Waals surface area contributed by atoms with Gasteiger partial charge < -0.3 is 0 Å². The largest absolute Gasteiger partial charge is 0.224 e. The van der Waals surface area contributed by atoms with Gasteiger partial charge in [-0.2, -0.15) is 0 Å². The Bertz CT molecular complexity index is 462. The molecule has 0 amide bonds. The minimum absolute atomic E-state index is 0.574. The summed E-state index contributed by atoms with van der Waals surface area (Å²) in [4.78, 5) is 4.26. The van der Waals surface area contributed by atoms with E-state index in [2.05, 4.69) is 37.0 Å². The van der Waals surface area contributed by atoms with Gasteiger partial charge in [0.25, 0.3) is 0 Å². The van der Waals surface area contributed by atoms with E-state index in [1.165, 1.54) is 16.7 Å². The molecule has 0 atom stereocenters. The highest BCUT2D eigenvalue weighted by Gasteiger charge is 2.05. The van der Waals surface area contributed by atoms with Gasteiger partial charge in [0.05, 0.1) is 0 Å². The molecule has 1 heterocycles. The van der Waals surface area contributed by atoms with Crippen LogP contribution in [0.15, 0.2) is 23.6 Å². The number of hydrogen-bond acceptors (Lipinski definition) is 2. The molecular weight excluding hydrogens is 214 g/mol. The average Bonchev–Trinajstić information content (AvgIpc) is 2.51. The van der Waals surface area contributed by atoms with Crippen LogP contribution in [0.25, 0.3) is 10.6 Å². The first-order valence-electron chi connectivity index (χ1n) is 4.35. The maximum Gasteiger partial charge on any atom is 0.140 e. The van der Waals surface area contributed by atoms with Gasteiger partial charge in [-0.3, -0.25) is 0 Å². The summed E-state index contributed by atoms with van der Waals surface area (Å²) in [5.41, 5.74) is 3.69. The van der Waals surface area contributed by atoms with Crippen molar-refractivity contribution in [1.82, 2.24) is 4.98 Å². The molecule has 3 heteroatoms. The highest BCUT2D eigenvalue weighted by Crippen LogP contribution is 2.28. The molecule has 0 aliphatic rings. The molecule has 0 radical (unpaired) electrons. The van der Waals surface area contributed by atoms with Crippen molar-refractivity contribution in [2.75, 3.05) is 0 Å². The SMILES string of the molecule is Cc1ccc(-c2nc(Cl)cs2)c(C)c1. The van der Waals surface area contributed by atoms with E-state index in [0.29, 0.717) is 5.15 Å². The first kappa shape index (κ1) is 9.69. The van der Waals surface area contributed by atoms with Gasteiger partial charge in [0.1, 0.15) is 10.2 Å². The van der Waals surface area contributed by atoms with Crippen molar-refractivity contribution in [2.24, 2.45) is 0 Å². The molecule has 0 bridgehead atoms. The molecule has 0 N–H and O–H groups in total. The van der Waals surface area contributed by atoms with E-state index < -0.39 is 0 Å². The molecule has 0 unspecified atom stereocenters. The zero-order valence-electron chi connectivity index (χ0n) is 8.04. The molecule has 1 aromatic carbocycles. The summed E-state index contributed by atoms with van der Waals surface area (Å²) in [5.74, 6) is 0. The number of halogens is 1. The molecule has 0 aliphatic heterocycles. The van der Waals surface area contributed by atoms with Crippen molar-refractivity contribution < 1.29 is 0 Å². The zero-order valence-corrected chi connectivity index (χ0v) is 9.62. The standard InChI is InChI=1S/C11H10ClNS/c1-7-3-4-9(8(2)5-7)11-13-10(12)6-14-11/h3-6H,1-2H3. The summed E-state index contributed by atoms with van der Waals surface area (Å²) in [6.45, 7) is 4.18. The smallest absolute Gasteiger partial charge is 0.140 e. The Morgan fingerprint density at radius 3 is 2.64 bits per heavy atom. The van der Waals surface area contributed by atoms with E-state index in [0.717, 1.165) is 5.01 Å². The van der Waals surface area contributed by atoms with Crippen LogP contribution in [0.4, 0.5) is 0 Å². The van der Waals surface area contributed by atoms with Crippen LogP contribution < -0.4 is 0 Å². The predicted octanol–water partition coefficient (Wildman–Crippen LogP) is 4.08. The second-order valence-electron chi connectivity index (χ2n) is 3.29. The fourth-order valence-corrected chi connectivity index (χ4v) is 2.47. The van der Waals surface area contributed by atoms with Crippen molar-refractivity contribution >= 4 is 22.9 Å². The third-order valence-electron chi connectivity index (χ3n) is 2.09. The Morgan fingerprint density at radius 2 is 2.07 bits per heavy atom. The van der Waals surface area contributed by atoms with E-state index in [1.54, 1.807) is 11.3 Å². The molecule has 0 saturated carbocycles. The molecular formula is C11H10ClNS. The maximum atomic E-state index is 5.79. The molecule has 2 rings (SSSR count). The molecule has 0 aliphatic carbocycles. The Kier molecular flexibility index (Phi) is 2.57. The van der Waals surface area contributed by atoms with Gasteiger partial charge in [-0.25, -0.2) is 4.98 Å². The van der Waals surface area contributed by atoms with Crippen molar-refractivity contribution in [2.45, 2.75) is 13.8 Å². The Labute approximate surface area is 92.4 Å². The lowest BCUT2D eigenvalue weighted by molar-refractivity contribution is 1.35. The molecule has 1 nitrogen and oxygen atoms in total. The molecule has 0 fully saturated rings. The van der Waals surface area contributed by atoms with Gasteiger partial charge in [-0.05, 0) is 19.4 Å². The number of aryl methyl sites for hydroxylation is 2. The summed E-state index contributed by atoms with van der Waals surface area (Å²) in [6, 6.07) is 6.35. The minimum atomic E-state index is 0.574. The molecule has 0 spiro atoms. The van der Waals surface area contributed by atoms with E-state index in [1.807, 2.05) is 5.38 Å². The topological polar surface area (TPSA) is 12.9 Å². The molecule has 72 valence electrons. The summed E-state index contributed by atoms with van der Waals surface area (Å²) < 4.78 is 0. The lowest BCUT2D eigenvalue weighted by Crippen LogP contribution is -1.83. The quantitative estimate of drug-likeness (QED) is 0.710. The van der Waals surface area contributed by atoms with Crippen molar-refractivity contribution in [3.05, 3.63) is 39.9 Å². The number of rotatable bonds is 1. The Hall–Kier alpha value is -0.860. The summed E-state index contributed by atoms with van der Waals surface area (Å²) >= 11 is 7.37. The lowest BCUT2D eigenvalue weighted by atomic mass is 10.1. The second kappa shape index (κ2) is 3.71. The van der Waals surface area contributed by atoms with Crippen LogP contribution in [0, 0.1) is 13.8 Å². The van der Waals surface area contributed by atoms with Crippen LogP contribution in [-0.2, 0) is 0 Å². The van der Waals surface area contributed by atoms with E-state index in [4.69, 9.17) is 11.6 Å². The monoisotopic (exact) mass is 223 g/mol. The van der Waals surface area contributed by atoms with E-state index in [9.17, 15) is 0 Å². The maximum absolute atomic E-state index is 5.79. The zero-order chi connectivity index (χ0) is 10.1. The lowest BCUT2D eigenvalue weighted by Gasteiger charge is -2.02. The van der Waals surface area contributed by atoms with Crippen LogP contribution in [0.2, 0.25) is 5.15 Å². The Balaban J connectivity index is 2.52. The van der Waals surface area contributed by atoms with Crippen LogP contribution in [0.3, 0.4) is 0 Å². The molecule has 14 heavy (non-hydrogen) atoms. The van der Waals surface area contributed by atoms with Crippen molar-refractivity contribution in [1.29, 1.82) is 0 Å². The third-order valence-corrected chi connectivity index (χ3v) is 3.29. The van der Waals surface area contributed by atoms with Crippen molar-refractivity contribution in [3.63, 3.8) is 0 Å². The van der Waals surface area contributed by atoms with Crippen molar-refractivity contribution in [3.8, 4) is 10.6 Å². The van der Waals surface area contributed by atoms with Gasteiger partial charge in [-0.15, -0.1) is 11.3 Å².